The number of carbonyl (C=O) groups is 1. The van der Waals surface area contributed by atoms with Crippen LogP contribution in [0.3, 0.4) is 0 Å². The van der Waals surface area contributed by atoms with Crippen LogP contribution in [0.25, 0.3) is 0 Å². The second-order valence-corrected chi connectivity index (χ2v) is 5.18. The van der Waals surface area contributed by atoms with Crippen LogP contribution in [0.2, 0.25) is 0 Å². The zero-order valence-corrected chi connectivity index (χ0v) is 11.8. The first-order valence-electron chi connectivity index (χ1n) is 6.86. The summed E-state index contributed by atoms with van der Waals surface area (Å²) in [7, 11) is 1.81. The van der Waals surface area contributed by atoms with Gasteiger partial charge in [-0.2, -0.15) is 0 Å². The quantitative estimate of drug-likeness (QED) is 0.870. The molecule has 4 nitrogen and oxygen atoms in total. The van der Waals surface area contributed by atoms with Crippen molar-refractivity contribution in [3.05, 3.63) is 29.3 Å². The minimum absolute atomic E-state index is 0.108. The monoisotopic (exact) mass is 262 g/mol. The van der Waals surface area contributed by atoms with E-state index in [4.69, 9.17) is 0 Å². The highest BCUT2D eigenvalue weighted by Gasteiger charge is 2.27. The summed E-state index contributed by atoms with van der Waals surface area (Å²) in [6.07, 6.45) is 1.80. The van der Waals surface area contributed by atoms with Crippen LogP contribution in [0, 0.1) is 0 Å². The van der Waals surface area contributed by atoms with Crippen molar-refractivity contribution in [1.82, 2.24) is 10.2 Å². The molecule has 4 heteroatoms. The Morgan fingerprint density at radius 1 is 1.58 bits per heavy atom. The van der Waals surface area contributed by atoms with Gasteiger partial charge in [-0.1, -0.05) is 12.1 Å². The van der Waals surface area contributed by atoms with Crippen LogP contribution in [-0.4, -0.2) is 35.5 Å². The van der Waals surface area contributed by atoms with Crippen molar-refractivity contribution in [2.24, 2.45) is 0 Å². The fourth-order valence-corrected chi connectivity index (χ4v) is 2.67. The number of aromatic hydroxyl groups is 1. The van der Waals surface area contributed by atoms with Crippen LogP contribution in [-0.2, 0) is 11.2 Å². The van der Waals surface area contributed by atoms with Gasteiger partial charge >= 0.3 is 0 Å². The van der Waals surface area contributed by atoms with Crippen molar-refractivity contribution in [2.75, 3.05) is 13.6 Å². The molecule has 104 valence electrons. The first-order valence-corrected chi connectivity index (χ1v) is 6.86. The molecule has 1 amide bonds. The van der Waals surface area contributed by atoms with Gasteiger partial charge in [0.2, 0.25) is 5.91 Å². The molecular weight excluding hydrogens is 240 g/mol. The van der Waals surface area contributed by atoms with E-state index in [1.165, 1.54) is 0 Å². The molecule has 1 aromatic carbocycles. The summed E-state index contributed by atoms with van der Waals surface area (Å²) in [5, 5.41) is 13.2. The van der Waals surface area contributed by atoms with Crippen LogP contribution >= 0.6 is 0 Å². The Morgan fingerprint density at radius 3 is 3.00 bits per heavy atom. The number of benzene rings is 1. The molecule has 2 atom stereocenters. The van der Waals surface area contributed by atoms with Gasteiger partial charge in [-0.05, 0) is 43.9 Å². The van der Waals surface area contributed by atoms with E-state index in [0.29, 0.717) is 12.3 Å². The molecule has 1 aliphatic carbocycles. The third kappa shape index (κ3) is 2.73. The summed E-state index contributed by atoms with van der Waals surface area (Å²) >= 11 is 0. The molecule has 0 heterocycles. The molecule has 0 aromatic heterocycles. The summed E-state index contributed by atoms with van der Waals surface area (Å²) in [4.78, 5) is 13.8. The number of phenols is 1. The van der Waals surface area contributed by atoms with E-state index in [2.05, 4.69) is 5.32 Å². The normalized spacial score (nSPS) is 19.0. The zero-order chi connectivity index (χ0) is 14.0. The number of amides is 1. The number of hydrogen-bond donors (Lipinski definition) is 2. The smallest absolute Gasteiger partial charge is 0.239 e. The molecule has 0 fully saturated rings. The molecule has 0 aliphatic heterocycles. The third-order valence-corrected chi connectivity index (χ3v) is 3.92. The van der Waals surface area contributed by atoms with Gasteiger partial charge in [0.25, 0.3) is 0 Å². The van der Waals surface area contributed by atoms with Crippen molar-refractivity contribution in [1.29, 1.82) is 0 Å². The van der Waals surface area contributed by atoms with E-state index < -0.39 is 0 Å². The molecule has 0 bridgehead atoms. The largest absolute Gasteiger partial charge is 0.508 e. The van der Waals surface area contributed by atoms with Gasteiger partial charge in [0.1, 0.15) is 5.75 Å². The van der Waals surface area contributed by atoms with Crippen molar-refractivity contribution in [3.63, 3.8) is 0 Å². The minimum atomic E-state index is -0.205. The Balaban J connectivity index is 2.07. The lowest BCUT2D eigenvalue weighted by molar-refractivity contribution is -0.131. The SMILES string of the molecule is CCN(C)C(=O)C(C)NC1CCc2c(O)cccc21. The van der Waals surface area contributed by atoms with Gasteiger partial charge in [0.15, 0.2) is 0 Å². The fourth-order valence-electron chi connectivity index (χ4n) is 2.67. The molecule has 2 unspecified atom stereocenters. The van der Waals surface area contributed by atoms with Gasteiger partial charge in [0.05, 0.1) is 6.04 Å². The average Bonchev–Trinajstić information content (AvgIpc) is 2.81. The Morgan fingerprint density at radius 2 is 2.32 bits per heavy atom. The van der Waals surface area contributed by atoms with Gasteiger partial charge in [0, 0.05) is 19.6 Å². The van der Waals surface area contributed by atoms with Crippen LogP contribution < -0.4 is 5.32 Å². The molecule has 1 aromatic rings. The predicted octanol–water partition coefficient (Wildman–Crippen LogP) is 1.84. The Bertz CT molecular complexity index is 473. The number of rotatable bonds is 4. The minimum Gasteiger partial charge on any atom is -0.508 e. The van der Waals surface area contributed by atoms with E-state index in [9.17, 15) is 9.90 Å². The Labute approximate surface area is 114 Å². The molecule has 0 spiro atoms. The zero-order valence-electron chi connectivity index (χ0n) is 11.8. The van der Waals surface area contributed by atoms with Crippen molar-refractivity contribution >= 4 is 5.91 Å². The molecule has 0 saturated heterocycles. The number of carbonyl (C=O) groups excluding carboxylic acids is 1. The van der Waals surface area contributed by atoms with Gasteiger partial charge in [-0.15, -0.1) is 0 Å². The van der Waals surface area contributed by atoms with Crippen molar-refractivity contribution in [3.8, 4) is 5.75 Å². The standard InChI is InChI=1S/C15H22N2O2/c1-4-17(3)15(19)10(2)16-13-9-8-12-11(13)6-5-7-14(12)18/h5-7,10,13,16,18H,4,8-9H2,1-3H3. The van der Waals surface area contributed by atoms with E-state index in [-0.39, 0.29) is 18.0 Å². The Kier molecular flexibility index (Phi) is 4.10. The highest BCUT2D eigenvalue weighted by Crippen LogP contribution is 2.36. The number of likely N-dealkylation sites (N-methyl/N-ethyl adjacent to an activating group) is 1. The van der Waals surface area contributed by atoms with E-state index in [1.807, 2.05) is 33.0 Å². The third-order valence-electron chi connectivity index (χ3n) is 3.92. The molecule has 1 aliphatic rings. The lowest BCUT2D eigenvalue weighted by Crippen LogP contribution is -2.44. The average molecular weight is 262 g/mol. The topological polar surface area (TPSA) is 52.6 Å². The lowest BCUT2D eigenvalue weighted by atomic mass is 10.1. The summed E-state index contributed by atoms with van der Waals surface area (Å²) in [5.74, 6) is 0.475. The predicted molar refractivity (Wildman–Crippen MR) is 75.1 cm³/mol. The number of nitrogens with zero attached hydrogens (tertiary/aromatic N) is 1. The summed E-state index contributed by atoms with van der Waals surface area (Å²) < 4.78 is 0. The van der Waals surface area contributed by atoms with Crippen molar-refractivity contribution < 1.29 is 9.90 Å². The van der Waals surface area contributed by atoms with E-state index in [0.717, 1.165) is 24.0 Å². The van der Waals surface area contributed by atoms with Crippen LogP contribution in [0.15, 0.2) is 18.2 Å². The maximum Gasteiger partial charge on any atom is 0.239 e. The van der Waals surface area contributed by atoms with E-state index in [1.54, 1.807) is 11.0 Å². The highest BCUT2D eigenvalue weighted by atomic mass is 16.3. The molecule has 0 saturated carbocycles. The maximum absolute atomic E-state index is 12.1. The molecule has 2 N–H and O–H groups in total. The molecular formula is C15H22N2O2. The highest BCUT2D eigenvalue weighted by molar-refractivity contribution is 5.81. The van der Waals surface area contributed by atoms with E-state index >= 15 is 0 Å². The van der Waals surface area contributed by atoms with Crippen LogP contribution in [0.1, 0.15) is 37.4 Å². The van der Waals surface area contributed by atoms with Gasteiger partial charge < -0.3 is 10.0 Å². The second-order valence-electron chi connectivity index (χ2n) is 5.18. The lowest BCUT2D eigenvalue weighted by Gasteiger charge is -2.24. The van der Waals surface area contributed by atoms with Gasteiger partial charge in [-0.3, -0.25) is 10.1 Å². The maximum atomic E-state index is 12.1. The number of fused-ring (bicyclic) bond motifs is 1. The molecule has 19 heavy (non-hydrogen) atoms. The van der Waals surface area contributed by atoms with Crippen molar-refractivity contribution in [2.45, 2.75) is 38.8 Å². The fraction of sp³-hybridized carbons (Fsp3) is 0.533. The summed E-state index contributed by atoms with van der Waals surface area (Å²) in [6, 6.07) is 5.56. The molecule has 0 radical (unpaired) electrons. The molecule has 2 rings (SSSR count). The van der Waals surface area contributed by atoms with Gasteiger partial charge in [-0.25, -0.2) is 0 Å². The van der Waals surface area contributed by atoms with Crippen LogP contribution in [0.5, 0.6) is 5.75 Å². The first-order chi connectivity index (χ1) is 9.04. The summed E-state index contributed by atoms with van der Waals surface area (Å²) in [6.45, 7) is 4.58. The van der Waals surface area contributed by atoms with Crippen LogP contribution in [0.4, 0.5) is 0 Å². The Hall–Kier alpha value is -1.55. The number of nitrogens with one attached hydrogen (secondary N) is 1. The number of phenolic OH excluding ortho intramolecular Hbond substituents is 1. The number of hydrogen-bond acceptors (Lipinski definition) is 3. The second kappa shape index (κ2) is 5.61. The summed E-state index contributed by atoms with van der Waals surface area (Å²) in [5.41, 5.74) is 2.14. The first kappa shape index (κ1) is 13.9.